The van der Waals surface area contributed by atoms with Gasteiger partial charge >= 0.3 is 5.97 Å². The Hall–Kier alpha value is -2.82. The van der Waals surface area contributed by atoms with Crippen LogP contribution < -0.4 is 0 Å². The molecule has 0 aliphatic rings. The fourth-order valence-corrected chi connectivity index (χ4v) is 3.27. The first-order valence-corrected chi connectivity index (χ1v) is 8.42. The molecular formula is C20H22N2O3. The van der Waals surface area contributed by atoms with Crippen LogP contribution in [0.5, 0.6) is 0 Å². The van der Waals surface area contributed by atoms with E-state index < -0.39 is 12.1 Å². The van der Waals surface area contributed by atoms with Crippen LogP contribution in [-0.2, 0) is 11.3 Å². The third-order valence-electron chi connectivity index (χ3n) is 4.62. The maximum atomic E-state index is 12.7. The van der Waals surface area contributed by atoms with Crippen molar-refractivity contribution in [2.75, 3.05) is 0 Å². The Morgan fingerprint density at radius 2 is 1.92 bits per heavy atom. The molecule has 0 amide bonds. The second kappa shape index (κ2) is 6.59. The molecule has 0 spiro atoms. The number of Topliss-reactive ketones (excluding diaryl/α,β-unsaturated/α-hetero) is 1. The predicted molar refractivity (Wildman–Crippen MR) is 97.1 cm³/mol. The van der Waals surface area contributed by atoms with Gasteiger partial charge in [0.25, 0.3) is 0 Å². The van der Waals surface area contributed by atoms with Gasteiger partial charge in [-0.2, -0.15) is 0 Å². The van der Waals surface area contributed by atoms with Crippen LogP contribution in [0.15, 0.2) is 36.5 Å². The molecule has 3 aromatic rings. The second-order valence-electron chi connectivity index (χ2n) is 6.19. The highest BCUT2D eigenvalue weighted by Gasteiger charge is 2.24. The lowest BCUT2D eigenvalue weighted by molar-refractivity contribution is 0.0318. The number of carbonyl (C=O) groups excluding carboxylic acids is 2. The van der Waals surface area contributed by atoms with Gasteiger partial charge in [-0.1, -0.05) is 18.2 Å². The molecule has 2 heterocycles. The first-order chi connectivity index (χ1) is 11.9. The van der Waals surface area contributed by atoms with Crippen LogP contribution in [0.25, 0.3) is 10.9 Å². The molecule has 0 radical (unpaired) electrons. The molecule has 0 saturated carbocycles. The lowest BCUT2D eigenvalue weighted by Gasteiger charge is -2.12. The number of rotatable bonds is 5. The van der Waals surface area contributed by atoms with Crippen LogP contribution in [0.4, 0.5) is 0 Å². The molecule has 1 atom stereocenters. The van der Waals surface area contributed by atoms with Crippen LogP contribution in [0.2, 0.25) is 0 Å². The molecule has 0 fully saturated rings. The first-order valence-electron chi connectivity index (χ1n) is 8.42. The predicted octanol–water partition coefficient (Wildman–Crippen LogP) is 4.03. The third-order valence-corrected chi connectivity index (χ3v) is 4.62. The quantitative estimate of drug-likeness (QED) is 0.564. The Kier molecular flexibility index (Phi) is 4.49. The summed E-state index contributed by atoms with van der Waals surface area (Å²) in [4.78, 5) is 28.3. The number of fused-ring (bicyclic) bond motifs is 1. The summed E-state index contributed by atoms with van der Waals surface area (Å²) in [6.07, 6.45) is 0.816. The number of hydrogen-bond acceptors (Lipinski definition) is 3. The van der Waals surface area contributed by atoms with E-state index in [0.717, 1.165) is 28.8 Å². The number of aromatic nitrogens is 2. The number of ether oxygens (including phenoxy) is 1. The minimum absolute atomic E-state index is 0.213. The smallest absolute Gasteiger partial charge is 0.340 e. The van der Waals surface area contributed by atoms with Gasteiger partial charge in [-0.05, 0) is 39.8 Å². The number of nitrogens with one attached hydrogen (secondary N) is 1. The van der Waals surface area contributed by atoms with Crippen molar-refractivity contribution in [3.63, 3.8) is 0 Å². The van der Waals surface area contributed by atoms with Crippen molar-refractivity contribution in [2.24, 2.45) is 0 Å². The summed E-state index contributed by atoms with van der Waals surface area (Å²) >= 11 is 0. The number of aromatic amines is 1. The second-order valence-corrected chi connectivity index (χ2v) is 6.19. The van der Waals surface area contributed by atoms with Crippen LogP contribution >= 0.6 is 0 Å². The number of H-pyrrole nitrogens is 1. The van der Waals surface area contributed by atoms with E-state index in [1.54, 1.807) is 13.1 Å². The average Bonchev–Trinajstić information content (AvgIpc) is 3.15. The number of hydrogen-bond donors (Lipinski definition) is 1. The van der Waals surface area contributed by atoms with Crippen molar-refractivity contribution in [2.45, 2.75) is 40.3 Å². The largest absolute Gasteiger partial charge is 0.451 e. The highest BCUT2D eigenvalue weighted by atomic mass is 16.5. The summed E-state index contributed by atoms with van der Waals surface area (Å²) in [5.74, 6) is -0.677. The standard InChI is InChI=1S/C20H22N2O3/c1-5-22-12(2)10-16(13(22)3)20(24)25-14(4)19(23)17-11-21-18-9-7-6-8-15(17)18/h6-11,14,21H,5H2,1-4H3/t14-/m1/s1. The molecule has 25 heavy (non-hydrogen) atoms. The third kappa shape index (κ3) is 2.97. The number of para-hydroxylation sites is 1. The van der Waals surface area contributed by atoms with E-state index in [2.05, 4.69) is 4.98 Å². The molecule has 0 aliphatic heterocycles. The average molecular weight is 338 g/mol. The first kappa shape index (κ1) is 17.0. The lowest BCUT2D eigenvalue weighted by Crippen LogP contribution is -2.24. The van der Waals surface area contributed by atoms with Gasteiger partial charge in [0.1, 0.15) is 0 Å². The molecule has 0 bridgehead atoms. The van der Waals surface area contributed by atoms with Crippen LogP contribution in [0, 0.1) is 13.8 Å². The highest BCUT2D eigenvalue weighted by Crippen LogP contribution is 2.21. The SMILES string of the molecule is CCn1c(C)cc(C(=O)O[C@H](C)C(=O)c2c[nH]c3ccccc23)c1C. The van der Waals surface area contributed by atoms with Gasteiger partial charge in [0, 0.05) is 40.6 Å². The Balaban J connectivity index is 1.81. The van der Waals surface area contributed by atoms with Crippen molar-refractivity contribution in [3.8, 4) is 0 Å². The van der Waals surface area contributed by atoms with E-state index in [4.69, 9.17) is 4.74 Å². The summed E-state index contributed by atoms with van der Waals surface area (Å²) in [5.41, 5.74) is 3.79. The Morgan fingerprint density at radius 3 is 2.60 bits per heavy atom. The van der Waals surface area contributed by atoms with Crippen LogP contribution in [0.1, 0.15) is 46.0 Å². The fraction of sp³-hybridized carbons (Fsp3) is 0.300. The van der Waals surface area contributed by atoms with E-state index in [-0.39, 0.29) is 5.78 Å². The Morgan fingerprint density at radius 1 is 1.20 bits per heavy atom. The minimum Gasteiger partial charge on any atom is -0.451 e. The zero-order chi connectivity index (χ0) is 18.1. The summed E-state index contributed by atoms with van der Waals surface area (Å²) in [6.45, 7) is 8.26. The molecule has 2 aromatic heterocycles. The number of esters is 1. The number of carbonyl (C=O) groups is 2. The zero-order valence-corrected chi connectivity index (χ0v) is 14.9. The van der Waals surface area contributed by atoms with Crippen LogP contribution in [-0.4, -0.2) is 27.4 Å². The summed E-state index contributed by atoms with van der Waals surface area (Å²) in [7, 11) is 0. The zero-order valence-electron chi connectivity index (χ0n) is 14.9. The minimum atomic E-state index is -0.851. The fourth-order valence-electron chi connectivity index (χ4n) is 3.27. The Labute approximate surface area is 146 Å². The maximum Gasteiger partial charge on any atom is 0.340 e. The van der Waals surface area contributed by atoms with Crippen molar-refractivity contribution >= 4 is 22.7 Å². The van der Waals surface area contributed by atoms with Gasteiger partial charge in [0.05, 0.1) is 5.56 Å². The van der Waals surface area contributed by atoms with Crippen molar-refractivity contribution in [1.82, 2.24) is 9.55 Å². The number of aryl methyl sites for hydroxylation is 1. The van der Waals surface area contributed by atoms with Gasteiger partial charge in [-0.3, -0.25) is 4.79 Å². The molecule has 5 heteroatoms. The monoisotopic (exact) mass is 338 g/mol. The normalized spacial score (nSPS) is 12.3. The molecule has 1 aromatic carbocycles. The van der Waals surface area contributed by atoms with Crippen LogP contribution in [0.3, 0.4) is 0 Å². The van der Waals surface area contributed by atoms with Gasteiger partial charge in [0.15, 0.2) is 6.10 Å². The summed E-state index contributed by atoms with van der Waals surface area (Å²) in [6, 6.07) is 9.37. The van der Waals surface area contributed by atoms with E-state index in [0.29, 0.717) is 11.1 Å². The summed E-state index contributed by atoms with van der Waals surface area (Å²) in [5, 5.41) is 0.833. The van der Waals surface area contributed by atoms with E-state index in [9.17, 15) is 9.59 Å². The van der Waals surface area contributed by atoms with Crippen molar-refractivity contribution < 1.29 is 14.3 Å². The molecule has 3 rings (SSSR count). The van der Waals surface area contributed by atoms with E-state index in [1.165, 1.54) is 0 Å². The van der Waals surface area contributed by atoms with Crippen molar-refractivity contribution in [1.29, 1.82) is 0 Å². The maximum absolute atomic E-state index is 12.7. The topological polar surface area (TPSA) is 64.1 Å². The van der Waals surface area contributed by atoms with Gasteiger partial charge in [-0.15, -0.1) is 0 Å². The van der Waals surface area contributed by atoms with E-state index in [1.807, 2.05) is 55.7 Å². The molecule has 0 unspecified atom stereocenters. The number of ketones is 1. The molecular weight excluding hydrogens is 316 g/mol. The lowest BCUT2D eigenvalue weighted by atomic mass is 10.1. The molecule has 0 saturated heterocycles. The molecule has 130 valence electrons. The van der Waals surface area contributed by atoms with Crippen molar-refractivity contribution in [3.05, 3.63) is 59.0 Å². The molecule has 0 aliphatic carbocycles. The Bertz CT molecular complexity index is 949. The number of nitrogens with zero attached hydrogens (tertiary/aromatic N) is 1. The number of benzene rings is 1. The van der Waals surface area contributed by atoms with E-state index >= 15 is 0 Å². The van der Waals surface area contributed by atoms with Gasteiger partial charge in [0.2, 0.25) is 5.78 Å². The van der Waals surface area contributed by atoms with Gasteiger partial charge < -0.3 is 14.3 Å². The molecule has 1 N–H and O–H groups in total. The summed E-state index contributed by atoms with van der Waals surface area (Å²) < 4.78 is 7.49. The highest BCUT2D eigenvalue weighted by molar-refractivity contribution is 6.10. The van der Waals surface area contributed by atoms with Gasteiger partial charge in [-0.25, -0.2) is 4.79 Å². The molecule has 5 nitrogen and oxygen atoms in total.